The van der Waals surface area contributed by atoms with Crippen LogP contribution in [-0.2, 0) is 0 Å². The zero-order chi connectivity index (χ0) is 12.8. The molecule has 0 N–H and O–H groups in total. The Morgan fingerprint density at radius 1 is 1.41 bits per heavy atom. The molecule has 0 aliphatic rings. The van der Waals surface area contributed by atoms with Crippen LogP contribution in [0.25, 0.3) is 0 Å². The summed E-state index contributed by atoms with van der Waals surface area (Å²) in [6.07, 6.45) is 1.62. The molecule has 17 heavy (non-hydrogen) atoms. The van der Waals surface area contributed by atoms with E-state index in [0.29, 0.717) is 5.56 Å². The fraction of sp³-hybridized carbons (Fsp3) is 0.200. The van der Waals surface area contributed by atoms with Gasteiger partial charge in [0.15, 0.2) is 5.03 Å². The van der Waals surface area contributed by atoms with E-state index in [4.69, 9.17) is 0 Å². The first-order valence-corrected chi connectivity index (χ1v) is 5.89. The van der Waals surface area contributed by atoms with Crippen LogP contribution in [0.3, 0.4) is 0 Å². The summed E-state index contributed by atoms with van der Waals surface area (Å²) in [6.45, 7) is 0. The topological polar surface area (TPSA) is 75.8 Å². The highest BCUT2D eigenvalue weighted by Crippen LogP contribution is 2.09. The second-order valence-corrected chi connectivity index (χ2v) is 3.83. The molecule has 1 aromatic rings. The van der Waals surface area contributed by atoms with Crippen LogP contribution in [0.5, 0.6) is 0 Å². The number of amides is 1. The fourth-order valence-corrected chi connectivity index (χ4v) is 1.68. The number of benzene rings is 1. The molecule has 0 radical (unpaired) electrons. The lowest BCUT2D eigenvalue weighted by Gasteiger charge is -2.15. The number of thioether (sulfide) groups is 1. The van der Waals surface area contributed by atoms with Gasteiger partial charge in [-0.3, -0.25) is 9.69 Å². The summed E-state index contributed by atoms with van der Waals surface area (Å²) in [5.41, 5.74) is 0.458. The van der Waals surface area contributed by atoms with E-state index >= 15 is 0 Å². The van der Waals surface area contributed by atoms with Crippen LogP contribution in [0, 0.1) is 10.1 Å². The molecule has 0 aliphatic heterocycles. The zero-order valence-corrected chi connectivity index (χ0v) is 10.2. The number of carbonyl (C=O) groups excluding carboxylic acids is 1. The first-order valence-electron chi connectivity index (χ1n) is 4.66. The molecule has 0 atom stereocenters. The maximum absolute atomic E-state index is 11.9. The van der Waals surface area contributed by atoms with Crippen LogP contribution in [0.2, 0.25) is 0 Å². The van der Waals surface area contributed by atoms with E-state index in [1.165, 1.54) is 7.05 Å². The summed E-state index contributed by atoms with van der Waals surface area (Å²) in [7, 11) is 1.45. The Morgan fingerprint density at radius 2 is 2.00 bits per heavy atom. The molecule has 0 fully saturated rings. The molecule has 90 valence electrons. The Morgan fingerprint density at radius 3 is 2.47 bits per heavy atom. The third-order valence-electron chi connectivity index (χ3n) is 1.96. The molecule has 1 rings (SSSR count). The van der Waals surface area contributed by atoms with E-state index in [-0.39, 0.29) is 11.1 Å². The molecule has 1 aromatic carbocycles. The number of amidine groups is 1. The quantitative estimate of drug-likeness (QED) is 0.348. The van der Waals surface area contributed by atoms with Gasteiger partial charge in [0.25, 0.3) is 5.91 Å². The van der Waals surface area contributed by atoms with Gasteiger partial charge in [0.2, 0.25) is 5.17 Å². The number of hydrazone groups is 1. The third kappa shape index (κ3) is 3.56. The van der Waals surface area contributed by atoms with Crippen molar-refractivity contribution in [3.8, 4) is 0 Å². The van der Waals surface area contributed by atoms with Gasteiger partial charge in [-0.05, 0) is 18.4 Å². The van der Waals surface area contributed by atoms with Crippen molar-refractivity contribution in [1.29, 1.82) is 0 Å². The minimum Gasteiger partial charge on any atom is -0.285 e. The van der Waals surface area contributed by atoms with Crippen LogP contribution in [0.1, 0.15) is 10.4 Å². The number of nitro groups is 1. The van der Waals surface area contributed by atoms with Gasteiger partial charge in [0.05, 0.1) is 5.10 Å². The van der Waals surface area contributed by atoms with Crippen LogP contribution in [0.4, 0.5) is 0 Å². The van der Waals surface area contributed by atoms with Crippen molar-refractivity contribution in [3.63, 3.8) is 0 Å². The third-order valence-corrected chi connectivity index (χ3v) is 2.68. The number of carbonyl (C=O) groups is 1. The summed E-state index contributed by atoms with van der Waals surface area (Å²) < 4.78 is 0. The lowest BCUT2D eigenvalue weighted by molar-refractivity contribution is -0.485. The van der Waals surface area contributed by atoms with Crippen molar-refractivity contribution in [2.45, 2.75) is 0 Å². The molecule has 0 aliphatic carbocycles. The van der Waals surface area contributed by atoms with E-state index in [1.54, 1.807) is 36.6 Å². The first-order chi connectivity index (χ1) is 8.06. The first kappa shape index (κ1) is 13.2. The van der Waals surface area contributed by atoms with Crippen molar-refractivity contribution in [2.75, 3.05) is 13.3 Å². The monoisotopic (exact) mass is 253 g/mol. The van der Waals surface area contributed by atoms with Gasteiger partial charge in [0.1, 0.15) is 0 Å². The summed E-state index contributed by atoms with van der Waals surface area (Å²) in [5, 5.41) is 12.7. The van der Waals surface area contributed by atoms with Crippen LogP contribution in [-0.4, -0.2) is 34.3 Å². The highest BCUT2D eigenvalue weighted by molar-refractivity contribution is 8.13. The largest absolute Gasteiger partial charge is 0.285 e. The molecular weight excluding hydrogens is 242 g/mol. The van der Waals surface area contributed by atoms with Crippen LogP contribution >= 0.6 is 11.8 Å². The number of hydrogen-bond donors (Lipinski definition) is 0. The molecule has 6 nitrogen and oxygen atoms in total. The maximum Gasteiger partial charge on any atom is 0.259 e. The molecular formula is C10H11N3O3S. The summed E-state index contributed by atoms with van der Waals surface area (Å²) in [5.74, 6) is -0.333. The minimum atomic E-state index is -0.819. The predicted molar refractivity (Wildman–Crippen MR) is 66.5 cm³/mol. The summed E-state index contributed by atoms with van der Waals surface area (Å²) in [6, 6.07) is 8.53. The molecule has 0 saturated carbocycles. The fourth-order valence-electron chi connectivity index (χ4n) is 1.18. The maximum atomic E-state index is 11.9. The number of hydrogen-bond acceptors (Lipinski definition) is 4. The van der Waals surface area contributed by atoms with Gasteiger partial charge in [-0.2, -0.15) is 0 Å². The van der Waals surface area contributed by atoms with E-state index in [0.717, 1.165) is 16.7 Å². The molecule has 0 spiro atoms. The van der Waals surface area contributed by atoms with Crippen molar-refractivity contribution >= 4 is 22.8 Å². The van der Waals surface area contributed by atoms with Crippen molar-refractivity contribution in [1.82, 2.24) is 4.90 Å². The minimum absolute atomic E-state index is 0.0452. The Kier molecular flexibility index (Phi) is 4.65. The SMILES string of the molecule is CSC(=N[N+](=O)[O-])N(C)C(=O)c1ccccc1. The number of nitrogens with zero attached hydrogens (tertiary/aromatic N) is 3. The Bertz CT molecular complexity index is 447. The lowest BCUT2D eigenvalue weighted by Crippen LogP contribution is -2.31. The normalized spacial score (nSPS) is 11.1. The van der Waals surface area contributed by atoms with Crippen LogP contribution in [0.15, 0.2) is 35.4 Å². The van der Waals surface area contributed by atoms with Gasteiger partial charge < -0.3 is 0 Å². The van der Waals surface area contributed by atoms with Crippen molar-refractivity contribution in [2.24, 2.45) is 5.10 Å². The molecule has 7 heteroatoms. The second-order valence-electron chi connectivity index (χ2n) is 3.05. The molecule has 0 bridgehead atoms. The highest BCUT2D eigenvalue weighted by Gasteiger charge is 2.18. The molecule has 0 saturated heterocycles. The van der Waals surface area contributed by atoms with E-state index in [1.807, 2.05) is 0 Å². The summed E-state index contributed by atoms with van der Waals surface area (Å²) in [4.78, 5) is 23.4. The molecule has 0 unspecified atom stereocenters. The van der Waals surface area contributed by atoms with Gasteiger partial charge in [-0.15, -0.1) is 0 Å². The molecule has 1 amide bonds. The van der Waals surface area contributed by atoms with E-state index in [2.05, 4.69) is 5.10 Å². The van der Waals surface area contributed by atoms with E-state index < -0.39 is 5.03 Å². The molecule has 0 heterocycles. The van der Waals surface area contributed by atoms with Gasteiger partial charge in [-0.1, -0.05) is 30.0 Å². The lowest BCUT2D eigenvalue weighted by atomic mass is 10.2. The Hall–Kier alpha value is -1.89. The summed E-state index contributed by atoms with van der Waals surface area (Å²) >= 11 is 1.04. The Balaban J connectivity index is 2.93. The average Bonchev–Trinajstić information content (AvgIpc) is 2.35. The van der Waals surface area contributed by atoms with Gasteiger partial charge in [0, 0.05) is 12.6 Å². The number of rotatable bonds is 2. The Labute approximate surface area is 102 Å². The van der Waals surface area contributed by atoms with E-state index in [9.17, 15) is 14.9 Å². The zero-order valence-electron chi connectivity index (χ0n) is 9.36. The van der Waals surface area contributed by atoms with Gasteiger partial charge in [-0.25, -0.2) is 10.1 Å². The van der Waals surface area contributed by atoms with Gasteiger partial charge >= 0.3 is 0 Å². The predicted octanol–water partition coefficient (Wildman–Crippen LogP) is 1.67. The van der Waals surface area contributed by atoms with Crippen molar-refractivity contribution < 1.29 is 9.83 Å². The smallest absolute Gasteiger partial charge is 0.259 e. The average molecular weight is 253 g/mol. The molecule has 0 aromatic heterocycles. The van der Waals surface area contributed by atoms with Crippen LogP contribution < -0.4 is 0 Å². The van der Waals surface area contributed by atoms with Crippen molar-refractivity contribution in [3.05, 3.63) is 46.0 Å². The standard InChI is InChI=1S/C10H11N3O3S/c1-12(10(17-2)11-13(15)16)9(14)8-6-4-3-5-7-8/h3-7H,1-2H3. The second kappa shape index (κ2) is 6.00. The highest BCUT2D eigenvalue weighted by atomic mass is 32.2.